The maximum absolute atomic E-state index is 13.4. The third kappa shape index (κ3) is 6.23. The minimum Gasteiger partial charge on any atom is -0.491 e. The Morgan fingerprint density at radius 1 is 1.18 bits per heavy atom. The molecule has 0 aromatic heterocycles. The standard InChI is InChI=1S/C20H25FN2O4S/c1-15(2)18-9-4-5-10-19(18)27-12-11-22-20(24)14-23(28(3,25)26)17-8-6-7-16(21)13-17/h4-10,13,15H,11-12,14H2,1-3H3,(H,22,24). The topological polar surface area (TPSA) is 75.7 Å². The molecule has 0 fully saturated rings. The molecule has 8 heteroatoms. The van der Waals surface area contributed by atoms with Gasteiger partial charge in [0.25, 0.3) is 0 Å². The Bertz CT molecular complexity index is 916. The van der Waals surface area contributed by atoms with Crippen LogP contribution in [0.25, 0.3) is 0 Å². The maximum Gasteiger partial charge on any atom is 0.240 e. The zero-order chi connectivity index (χ0) is 20.7. The van der Waals surface area contributed by atoms with Gasteiger partial charge in [0.2, 0.25) is 15.9 Å². The largest absolute Gasteiger partial charge is 0.491 e. The Morgan fingerprint density at radius 3 is 2.54 bits per heavy atom. The van der Waals surface area contributed by atoms with Crippen LogP contribution in [0, 0.1) is 5.82 Å². The Kier molecular flexibility index (Phi) is 7.39. The highest BCUT2D eigenvalue weighted by atomic mass is 32.2. The number of carbonyl (C=O) groups excluding carboxylic acids is 1. The molecule has 0 aliphatic heterocycles. The highest BCUT2D eigenvalue weighted by Gasteiger charge is 2.21. The van der Waals surface area contributed by atoms with Crippen LogP contribution in [0.3, 0.4) is 0 Å². The van der Waals surface area contributed by atoms with Crippen molar-refractivity contribution in [2.75, 3.05) is 30.3 Å². The van der Waals surface area contributed by atoms with Crippen LogP contribution in [0.2, 0.25) is 0 Å². The summed E-state index contributed by atoms with van der Waals surface area (Å²) in [4.78, 5) is 12.2. The molecule has 1 N–H and O–H groups in total. The minimum absolute atomic E-state index is 0.0970. The highest BCUT2D eigenvalue weighted by molar-refractivity contribution is 7.92. The second-order valence-corrected chi connectivity index (χ2v) is 8.55. The van der Waals surface area contributed by atoms with Crippen molar-refractivity contribution >= 4 is 21.6 Å². The van der Waals surface area contributed by atoms with E-state index < -0.39 is 28.3 Å². The molecule has 0 aliphatic carbocycles. The van der Waals surface area contributed by atoms with Crippen molar-refractivity contribution < 1.29 is 22.3 Å². The first-order chi connectivity index (χ1) is 13.2. The number of benzene rings is 2. The molecule has 2 aromatic carbocycles. The molecule has 0 bridgehead atoms. The molecule has 0 saturated carbocycles. The Morgan fingerprint density at radius 2 is 1.89 bits per heavy atom. The van der Waals surface area contributed by atoms with Gasteiger partial charge >= 0.3 is 0 Å². The first kappa shape index (κ1) is 21.7. The molecule has 1 amide bonds. The van der Waals surface area contributed by atoms with Gasteiger partial charge in [-0.25, -0.2) is 12.8 Å². The fourth-order valence-corrected chi connectivity index (χ4v) is 3.51. The quantitative estimate of drug-likeness (QED) is 0.648. The van der Waals surface area contributed by atoms with Crippen LogP contribution in [0.1, 0.15) is 25.3 Å². The number of rotatable bonds is 9. The minimum atomic E-state index is -3.74. The molecular weight excluding hydrogens is 383 g/mol. The summed E-state index contributed by atoms with van der Waals surface area (Å²) in [5.41, 5.74) is 1.17. The Hall–Kier alpha value is -2.61. The number of anilines is 1. The molecular formula is C20H25FN2O4S. The van der Waals surface area contributed by atoms with Crippen LogP contribution in [0.15, 0.2) is 48.5 Å². The number of ether oxygens (including phenoxy) is 1. The molecule has 152 valence electrons. The van der Waals surface area contributed by atoms with Crippen LogP contribution in [-0.2, 0) is 14.8 Å². The summed E-state index contributed by atoms with van der Waals surface area (Å²) in [6.07, 6.45) is 0.969. The van der Waals surface area contributed by atoms with E-state index in [1.807, 2.05) is 24.3 Å². The average Bonchev–Trinajstić information content (AvgIpc) is 2.62. The molecule has 0 spiro atoms. The van der Waals surface area contributed by atoms with Gasteiger partial charge in [0.1, 0.15) is 24.7 Å². The van der Waals surface area contributed by atoms with Crippen molar-refractivity contribution in [2.45, 2.75) is 19.8 Å². The molecule has 0 heterocycles. The molecule has 0 unspecified atom stereocenters. The summed E-state index contributed by atoms with van der Waals surface area (Å²) in [6, 6.07) is 12.8. The number of halogens is 1. The Balaban J connectivity index is 1.92. The number of nitrogens with one attached hydrogen (secondary N) is 1. The average molecular weight is 408 g/mol. The number of carbonyl (C=O) groups is 1. The van der Waals surface area contributed by atoms with E-state index in [0.717, 1.165) is 27.9 Å². The van der Waals surface area contributed by atoms with Crippen LogP contribution in [-0.4, -0.2) is 40.3 Å². The first-order valence-corrected chi connectivity index (χ1v) is 10.7. The SMILES string of the molecule is CC(C)c1ccccc1OCCNC(=O)CN(c1cccc(F)c1)S(C)(=O)=O. The van der Waals surface area contributed by atoms with Crippen LogP contribution >= 0.6 is 0 Å². The van der Waals surface area contributed by atoms with Crippen molar-refractivity contribution in [3.05, 3.63) is 59.9 Å². The molecule has 2 rings (SSSR count). The smallest absolute Gasteiger partial charge is 0.240 e. The number of hydrogen-bond acceptors (Lipinski definition) is 4. The number of sulfonamides is 1. The summed E-state index contributed by atoms with van der Waals surface area (Å²) in [7, 11) is -3.74. The zero-order valence-corrected chi connectivity index (χ0v) is 17.0. The monoisotopic (exact) mass is 408 g/mol. The fraction of sp³-hybridized carbons (Fsp3) is 0.350. The number of amides is 1. The van der Waals surface area contributed by atoms with Crippen LogP contribution in [0.5, 0.6) is 5.75 Å². The van der Waals surface area contributed by atoms with Gasteiger partial charge in [-0.2, -0.15) is 0 Å². The summed E-state index contributed by atoms with van der Waals surface area (Å²) in [6.45, 7) is 4.15. The van der Waals surface area contributed by atoms with Crippen molar-refractivity contribution in [1.29, 1.82) is 0 Å². The molecule has 0 atom stereocenters. The molecule has 0 radical (unpaired) electrons. The van der Waals surface area contributed by atoms with E-state index in [0.29, 0.717) is 5.92 Å². The van der Waals surface area contributed by atoms with Gasteiger partial charge in [0, 0.05) is 0 Å². The lowest BCUT2D eigenvalue weighted by Crippen LogP contribution is -2.41. The van der Waals surface area contributed by atoms with Crippen molar-refractivity contribution in [3.63, 3.8) is 0 Å². The van der Waals surface area contributed by atoms with E-state index in [1.165, 1.54) is 18.2 Å². The van der Waals surface area contributed by atoms with Crippen molar-refractivity contribution in [2.24, 2.45) is 0 Å². The normalized spacial score (nSPS) is 11.3. The van der Waals surface area contributed by atoms with E-state index in [1.54, 1.807) is 0 Å². The fourth-order valence-electron chi connectivity index (χ4n) is 2.66. The second kappa shape index (κ2) is 9.54. The summed E-state index contributed by atoms with van der Waals surface area (Å²) < 4.78 is 44.0. The van der Waals surface area contributed by atoms with Gasteiger partial charge in [-0.3, -0.25) is 9.10 Å². The third-order valence-electron chi connectivity index (χ3n) is 4.01. The van der Waals surface area contributed by atoms with Crippen molar-refractivity contribution in [3.8, 4) is 5.75 Å². The van der Waals surface area contributed by atoms with Gasteiger partial charge in [-0.05, 0) is 35.7 Å². The highest BCUT2D eigenvalue weighted by Crippen LogP contribution is 2.25. The second-order valence-electron chi connectivity index (χ2n) is 6.64. The van der Waals surface area contributed by atoms with Crippen LogP contribution < -0.4 is 14.4 Å². The predicted molar refractivity (Wildman–Crippen MR) is 108 cm³/mol. The van der Waals surface area contributed by atoms with Crippen molar-refractivity contribution in [1.82, 2.24) is 5.32 Å². The molecule has 6 nitrogen and oxygen atoms in total. The lowest BCUT2D eigenvalue weighted by Gasteiger charge is -2.22. The van der Waals surface area contributed by atoms with Gasteiger partial charge in [-0.15, -0.1) is 0 Å². The summed E-state index contributed by atoms with van der Waals surface area (Å²) in [5, 5.41) is 2.62. The number of nitrogens with zero attached hydrogens (tertiary/aromatic N) is 1. The summed E-state index contributed by atoms with van der Waals surface area (Å²) >= 11 is 0. The van der Waals surface area contributed by atoms with E-state index in [9.17, 15) is 17.6 Å². The van der Waals surface area contributed by atoms with Gasteiger partial charge < -0.3 is 10.1 Å². The number of hydrogen-bond donors (Lipinski definition) is 1. The van der Waals surface area contributed by atoms with Gasteiger partial charge in [0.05, 0.1) is 18.5 Å². The summed E-state index contributed by atoms with van der Waals surface area (Å²) in [5.74, 6) is -0.0242. The maximum atomic E-state index is 13.4. The lowest BCUT2D eigenvalue weighted by atomic mass is 10.0. The first-order valence-electron chi connectivity index (χ1n) is 8.90. The predicted octanol–water partition coefficient (Wildman–Crippen LogP) is 2.91. The van der Waals surface area contributed by atoms with Crippen LogP contribution in [0.4, 0.5) is 10.1 Å². The lowest BCUT2D eigenvalue weighted by molar-refractivity contribution is -0.119. The molecule has 0 saturated heterocycles. The van der Waals surface area contributed by atoms with E-state index in [4.69, 9.17) is 4.74 Å². The van der Waals surface area contributed by atoms with E-state index >= 15 is 0 Å². The molecule has 28 heavy (non-hydrogen) atoms. The van der Waals surface area contributed by atoms with E-state index in [-0.39, 0.29) is 18.8 Å². The molecule has 2 aromatic rings. The molecule has 0 aliphatic rings. The zero-order valence-electron chi connectivity index (χ0n) is 16.2. The number of para-hydroxylation sites is 1. The van der Waals surface area contributed by atoms with Gasteiger partial charge in [0.15, 0.2) is 0 Å². The Labute approximate surface area is 165 Å². The van der Waals surface area contributed by atoms with E-state index in [2.05, 4.69) is 19.2 Å². The van der Waals surface area contributed by atoms with Gasteiger partial charge in [-0.1, -0.05) is 38.1 Å². The third-order valence-corrected chi connectivity index (χ3v) is 5.15.